The quantitative estimate of drug-likeness (QED) is 0.498. The van der Waals surface area contributed by atoms with Crippen LogP contribution in [-0.2, 0) is 0 Å². The van der Waals surface area contributed by atoms with Crippen LogP contribution in [0.25, 0.3) is 21.8 Å². The molecule has 1 aromatic carbocycles. The minimum absolute atomic E-state index is 0.575. The van der Waals surface area contributed by atoms with Gasteiger partial charge in [-0.25, -0.2) is 15.0 Å². The highest BCUT2D eigenvalue weighted by Crippen LogP contribution is 2.35. The predicted molar refractivity (Wildman–Crippen MR) is 130 cm³/mol. The third kappa shape index (κ3) is 3.46. The number of aryl methyl sites for hydroxylation is 1. The second kappa shape index (κ2) is 8.06. The summed E-state index contributed by atoms with van der Waals surface area (Å²) in [5, 5.41) is 9.05. The van der Waals surface area contributed by atoms with Gasteiger partial charge in [0.2, 0.25) is 5.95 Å². The molecule has 2 N–H and O–H groups in total. The minimum Gasteiger partial charge on any atom is -0.368 e. The number of rotatable bonds is 4. The van der Waals surface area contributed by atoms with Gasteiger partial charge in [-0.05, 0) is 38.0 Å². The predicted octanol–water partition coefficient (Wildman–Crippen LogP) is 4.56. The highest BCUT2D eigenvalue weighted by molar-refractivity contribution is 6.03. The van der Waals surface area contributed by atoms with Crippen LogP contribution < -0.4 is 15.5 Å². The molecule has 1 saturated heterocycles. The number of hydrogen-bond donors (Lipinski definition) is 2. The Hall–Kier alpha value is -3.19. The lowest BCUT2D eigenvalue weighted by Crippen LogP contribution is -2.43. The molecule has 0 spiro atoms. The molecule has 2 aliphatic rings. The molecule has 0 amide bonds. The zero-order chi connectivity index (χ0) is 21.5. The first-order chi connectivity index (χ1) is 15.8. The standard InChI is InChI=1S/C25H29N7/c1-17-21(31-14-11-26-12-15-31)8-9-22(28-17)29-25-27-16-19-7-6-18-10-13-32(20-4-2-3-5-20)24(18)23(19)30-25/h6-10,13,16,20,26H,2-5,11-12,14-15H2,1H3,(H,27,28,29,30). The summed E-state index contributed by atoms with van der Waals surface area (Å²) in [5.41, 5.74) is 4.45. The fourth-order valence-corrected chi connectivity index (χ4v) is 5.26. The van der Waals surface area contributed by atoms with Crippen molar-refractivity contribution in [2.24, 2.45) is 0 Å². The molecule has 32 heavy (non-hydrogen) atoms. The summed E-state index contributed by atoms with van der Waals surface area (Å²) in [6.45, 7) is 6.13. The van der Waals surface area contributed by atoms with Gasteiger partial charge in [0.05, 0.1) is 16.9 Å². The van der Waals surface area contributed by atoms with E-state index in [0.29, 0.717) is 12.0 Å². The van der Waals surface area contributed by atoms with Crippen LogP contribution in [0.4, 0.5) is 17.5 Å². The van der Waals surface area contributed by atoms with Gasteiger partial charge in [0, 0.05) is 55.4 Å². The maximum atomic E-state index is 4.94. The lowest BCUT2D eigenvalue weighted by molar-refractivity contribution is 0.536. The van der Waals surface area contributed by atoms with Crippen LogP contribution in [-0.4, -0.2) is 45.7 Å². The number of anilines is 3. The van der Waals surface area contributed by atoms with Crippen LogP contribution in [0.2, 0.25) is 0 Å². The van der Waals surface area contributed by atoms with Gasteiger partial charge in [-0.1, -0.05) is 25.0 Å². The minimum atomic E-state index is 0.575. The number of nitrogens with zero attached hydrogens (tertiary/aromatic N) is 5. The van der Waals surface area contributed by atoms with Crippen molar-refractivity contribution >= 4 is 39.3 Å². The van der Waals surface area contributed by atoms with E-state index in [1.165, 1.54) is 42.3 Å². The van der Waals surface area contributed by atoms with Crippen molar-refractivity contribution in [3.63, 3.8) is 0 Å². The molecule has 7 nitrogen and oxygen atoms in total. The van der Waals surface area contributed by atoms with Crippen LogP contribution in [0.5, 0.6) is 0 Å². The molecule has 1 saturated carbocycles. The number of piperazine rings is 1. The van der Waals surface area contributed by atoms with E-state index in [1.807, 2.05) is 12.3 Å². The Bertz CT molecular complexity index is 1270. The molecule has 4 heterocycles. The molecule has 6 rings (SSSR count). The molecule has 2 fully saturated rings. The fraction of sp³-hybridized carbons (Fsp3) is 0.400. The van der Waals surface area contributed by atoms with E-state index in [9.17, 15) is 0 Å². The summed E-state index contributed by atoms with van der Waals surface area (Å²) in [5.74, 6) is 1.37. The monoisotopic (exact) mass is 427 g/mol. The van der Waals surface area contributed by atoms with Crippen molar-refractivity contribution in [1.29, 1.82) is 0 Å². The SMILES string of the molecule is Cc1nc(Nc2ncc3ccc4ccn(C5CCCC5)c4c3n2)ccc1N1CCNCC1. The summed E-state index contributed by atoms with van der Waals surface area (Å²) in [6.07, 6.45) is 9.27. The topological polar surface area (TPSA) is 70.9 Å². The zero-order valence-corrected chi connectivity index (χ0v) is 18.5. The Morgan fingerprint density at radius 1 is 0.969 bits per heavy atom. The summed E-state index contributed by atoms with van der Waals surface area (Å²) < 4.78 is 2.44. The van der Waals surface area contributed by atoms with Crippen molar-refractivity contribution in [3.05, 3.63) is 48.4 Å². The molecule has 1 aliphatic carbocycles. The van der Waals surface area contributed by atoms with Crippen LogP contribution in [0.1, 0.15) is 37.4 Å². The number of fused-ring (bicyclic) bond motifs is 3. The van der Waals surface area contributed by atoms with Crippen molar-refractivity contribution in [3.8, 4) is 0 Å². The molecule has 3 aromatic heterocycles. The summed E-state index contributed by atoms with van der Waals surface area (Å²) >= 11 is 0. The summed E-state index contributed by atoms with van der Waals surface area (Å²) in [4.78, 5) is 16.7. The normalized spacial score (nSPS) is 17.5. The van der Waals surface area contributed by atoms with Gasteiger partial charge >= 0.3 is 0 Å². The second-order valence-electron chi connectivity index (χ2n) is 8.96. The first-order valence-electron chi connectivity index (χ1n) is 11.7. The lowest BCUT2D eigenvalue weighted by Gasteiger charge is -2.30. The maximum absolute atomic E-state index is 4.94. The van der Waals surface area contributed by atoms with Crippen LogP contribution in [0.15, 0.2) is 42.7 Å². The molecule has 0 radical (unpaired) electrons. The number of nitrogens with one attached hydrogen (secondary N) is 2. The molecular weight excluding hydrogens is 398 g/mol. The van der Waals surface area contributed by atoms with E-state index in [0.717, 1.165) is 48.6 Å². The average Bonchev–Trinajstić information content (AvgIpc) is 3.50. The van der Waals surface area contributed by atoms with Gasteiger partial charge in [-0.3, -0.25) is 0 Å². The van der Waals surface area contributed by atoms with Crippen molar-refractivity contribution in [2.75, 3.05) is 36.4 Å². The largest absolute Gasteiger partial charge is 0.368 e. The third-order valence-corrected chi connectivity index (χ3v) is 6.90. The Labute approximate surface area is 187 Å². The van der Waals surface area contributed by atoms with Crippen molar-refractivity contribution < 1.29 is 0 Å². The fourth-order valence-electron chi connectivity index (χ4n) is 5.26. The highest BCUT2D eigenvalue weighted by Gasteiger charge is 2.20. The Morgan fingerprint density at radius 3 is 2.59 bits per heavy atom. The Kier molecular flexibility index (Phi) is 4.91. The molecular formula is C25H29N7. The van der Waals surface area contributed by atoms with Gasteiger partial charge < -0.3 is 20.1 Å². The lowest BCUT2D eigenvalue weighted by atomic mass is 10.1. The van der Waals surface area contributed by atoms with E-state index in [1.54, 1.807) is 0 Å². The van der Waals surface area contributed by atoms with Crippen LogP contribution in [0.3, 0.4) is 0 Å². The molecule has 164 valence electrons. The molecule has 7 heteroatoms. The van der Waals surface area contributed by atoms with Gasteiger partial charge in [0.1, 0.15) is 11.3 Å². The highest BCUT2D eigenvalue weighted by atomic mass is 15.2. The maximum Gasteiger partial charge on any atom is 0.228 e. The molecule has 0 unspecified atom stereocenters. The van der Waals surface area contributed by atoms with Crippen molar-refractivity contribution in [2.45, 2.75) is 38.6 Å². The number of aromatic nitrogens is 4. The van der Waals surface area contributed by atoms with E-state index >= 15 is 0 Å². The third-order valence-electron chi connectivity index (χ3n) is 6.90. The van der Waals surface area contributed by atoms with Gasteiger partial charge in [-0.15, -0.1) is 0 Å². The van der Waals surface area contributed by atoms with Gasteiger partial charge in [-0.2, -0.15) is 0 Å². The smallest absolute Gasteiger partial charge is 0.228 e. The second-order valence-corrected chi connectivity index (χ2v) is 8.96. The number of pyridine rings is 1. The van der Waals surface area contributed by atoms with E-state index in [2.05, 4.69) is 62.5 Å². The summed E-state index contributed by atoms with van der Waals surface area (Å²) in [7, 11) is 0. The molecule has 0 atom stereocenters. The van der Waals surface area contributed by atoms with E-state index < -0.39 is 0 Å². The Morgan fingerprint density at radius 2 is 1.78 bits per heavy atom. The van der Waals surface area contributed by atoms with Crippen LogP contribution >= 0.6 is 0 Å². The van der Waals surface area contributed by atoms with E-state index in [4.69, 9.17) is 9.97 Å². The Balaban J connectivity index is 1.34. The number of benzene rings is 1. The molecule has 4 aromatic rings. The first kappa shape index (κ1) is 19.5. The van der Waals surface area contributed by atoms with E-state index in [-0.39, 0.29) is 0 Å². The average molecular weight is 428 g/mol. The first-order valence-corrected chi connectivity index (χ1v) is 11.7. The zero-order valence-electron chi connectivity index (χ0n) is 18.5. The van der Waals surface area contributed by atoms with Crippen LogP contribution in [0, 0.1) is 6.92 Å². The van der Waals surface area contributed by atoms with Gasteiger partial charge in [0.25, 0.3) is 0 Å². The van der Waals surface area contributed by atoms with Gasteiger partial charge in [0.15, 0.2) is 0 Å². The molecule has 0 bridgehead atoms. The van der Waals surface area contributed by atoms with Crippen molar-refractivity contribution in [1.82, 2.24) is 24.8 Å². The summed E-state index contributed by atoms with van der Waals surface area (Å²) in [6, 6.07) is 11.3. The molecule has 1 aliphatic heterocycles. The number of hydrogen-bond acceptors (Lipinski definition) is 6.